The molecule has 2 rings (SSSR count). The predicted octanol–water partition coefficient (Wildman–Crippen LogP) is 3.97. The lowest BCUT2D eigenvalue weighted by molar-refractivity contribution is -0.128. The van der Waals surface area contributed by atoms with Crippen molar-refractivity contribution in [2.45, 2.75) is 66.3 Å². The van der Waals surface area contributed by atoms with E-state index in [9.17, 15) is 4.79 Å². The maximum atomic E-state index is 12.2. The van der Waals surface area contributed by atoms with E-state index in [4.69, 9.17) is 0 Å². The quantitative estimate of drug-likeness (QED) is 0.725. The first-order valence-corrected chi connectivity index (χ1v) is 7.47. The molecule has 0 fully saturated rings. The number of carbonyl (C=O) groups is 1. The number of rotatable bonds is 2. The Bertz CT molecular complexity index is 367. The van der Waals surface area contributed by atoms with Crippen LogP contribution in [0.2, 0.25) is 0 Å². The van der Waals surface area contributed by atoms with Gasteiger partial charge in [0.25, 0.3) is 0 Å². The van der Waals surface area contributed by atoms with Gasteiger partial charge in [0, 0.05) is 11.7 Å². The normalized spacial score (nSPS) is 29.3. The average molecular weight is 249 g/mol. The molecule has 0 aromatic heterocycles. The molecule has 1 aliphatic carbocycles. The molecular weight excluding hydrogens is 222 g/mol. The fourth-order valence-electron chi connectivity index (χ4n) is 3.88. The molecule has 1 heterocycles. The minimum atomic E-state index is 0.313. The van der Waals surface area contributed by atoms with Gasteiger partial charge >= 0.3 is 0 Å². The fourth-order valence-corrected chi connectivity index (χ4v) is 3.88. The van der Waals surface area contributed by atoms with Crippen molar-refractivity contribution < 1.29 is 4.79 Å². The van der Waals surface area contributed by atoms with Crippen molar-refractivity contribution in [1.29, 1.82) is 0 Å². The van der Waals surface area contributed by atoms with Crippen LogP contribution in [0.15, 0.2) is 11.3 Å². The minimum Gasteiger partial charge on any atom is -0.313 e. The smallest absolute Gasteiger partial charge is 0.231 e. The molecule has 0 aromatic rings. The molecule has 0 saturated carbocycles. The molecule has 0 N–H and O–H groups in total. The SMILES string of the molecule is CC(C)C1CCCC2=C(CC(=O)N2C(C)C)C1C. The van der Waals surface area contributed by atoms with Crippen molar-refractivity contribution in [1.82, 2.24) is 4.90 Å². The van der Waals surface area contributed by atoms with Crippen molar-refractivity contribution in [3.8, 4) is 0 Å². The Morgan fingerprint density at radius 3 is 2.44 bits per heavy atom. The van der Waals surface area contributed by atoms with Crippen molar-refractivity contribution in [3.63, 3.8) is 0 Å². The summed E-state index contributed by atoms with van der Waals surface area (Å²) in [6.07, 6.45) is 4.33. The van der Waals surface area contributed by atoms with E-state index in [-0.39, 0.29) is 0 Å². The van der Waals surface area contributed by atoms with E-state index < -0.39 is 0 Å². The first kappa shape index (κ1) is 13.6. The van der Waals surface area contributed by atoms with E-state index >= 15 is 0 Å². The Hall–Kier alpha value is -0.790. The largest absolute Gasteiger partial charge is 0.313 e. The van der Waals surface area contributed by atoms with Gasteiger partial charge in [0.15, 0.2) is 0 Å². The Morgan fingerprint density at radius 1 is 1.22 bits per heavy atom. The summed E-state index contributed by atoms with van der Waals surface area (Å²) < 4.78 is 0. The van der Waals surface area contributed by atoms with Gasteiger partial charge in [-0.3, -0.25) is 4.79 Å². The van der Waals surface area contributed by atoms with Gasteiger partial charge in [-0.1, -0.05) is 20.8 Å². The topological polar surface area (TPSA) is 20.3 Å². The monoisotopic (exact) mass is 249 g/mol. The second-order valence-corrected chi connectivity index (χ2v) is 6.59. The van der Waals surface area contributed by atoms with Crippen LogP contribution in [0.25, 0.3) is 0 Å². The summed E-state index contributed by atoms with van der Waals surface area (Å²) in [5, 5.41) is 0. The van der Waals surface area contributed by atoms with E-state index in [0.29, 0.717) is 24.3 Å². The summed E-state index contributed by atoms with van der Waals surface area (Å²) in [6.45, 7) is 11.2. The van der Waals surface area contributed by atoms with Gasteiger partial charge in [-0.25, -0.2) is 0 Å². The molecule has 2 nitrogen and oxygen atoms in total. The summed E-state index contributed by atoms with van der Waals surface area (Å²) in [5.74, 6) is 2.37. The lowest BCUT2D eigenvalue weighted by Gasteiger charge is -2.26. The van der Waals surface area contributed by atoms with Crippen LogP contribution < -0.4 is 0 Å². The summed E-state index contributed by atoms with van der Waals surface area (Å²) in [4.78, 5) is 14.3. The Labute approximate surface area is 111 Å². The molecule has 2 unspecified atom stereocenters. The molecule has 102 valence electrons. The highest BCUT2D eigenvalue weighted by Crippen LogP contribution is 2.43. The molecule has 0 spiro atoms. The lowest BCUT2D eigenvalue weighted by Crippen LogP contribution is -2.32. The average Bonchev–Trinajstić information content (AvgIpc) is 2.52. The van der Waals surface area contributed by atoms with E-state index in [1.54, 1.807) is 0 Å². The molecule has 0 aromatic carbocycles. The van der Waals surface area contributed by atoms with Crippen LogP contribution in [0.5, 0.6) is 0 Å². The number of hydrogen-bond donors (Lipinski definition) is 0. The first-order valence-electron chi connectivity index (χ1n) is 7.47. The standard InChI is InChI=1S/C16H27NO/c1-10(2)13-7-6-8-15-14(12(13)5)9-16(18)17(15)11(3)4/h10-13H,6-9H2,1-5H3. The summed E-state index contributed by atoms with van der Waals surface area (Å²) in [5.41, 5.74) is 2.82. The first-order chi connectivity index (χ1) is 8.43. The maximum Gasteiger partial charge on any atom is 0.231 e. The minimum absolute atomic E-state index is 0.313. The summed E-state index contributed by atoms with van der Waals surface area (Å²) in [7, 11) is 0. The van der Waals surface area contributed by atoms with Gasteiger partial charge < -0.3 is 4.90 Å². The van der Waals surface area contributed by atoms with Crippen LogP contribution >= 0.6 is 0 Å². The molecule has 1 amide bonds. The van der Waals surface area contributed by atoms with Gasteiger partial charge in [0.1, 0.15) is 0 Å². The highest BCUT2D eigenvalue weighted by Gasteiger charge is 2.38. The molecule has 18 heavy (non-hydrogen) atoms. The van der Waals surface area contributed by atoms with Crippen LogP contribution in [0.4, 0.5) is 0 Å². The number of allylic oxidation sites excluding steroid dienone is 1. The maximum absolute atomic E-state index is 12.2. The second kappa shape index (κ2) is 5.07. The van der Waals surface area contributed by atoms with Crippen molar-refractivity contribution >= 4 is 5.91 Å². The van der Waals surface area contributed by atoms with E-state index in [0.717, 1.165) is 18.3 Å². The summed E-state index contributed by atoms with van der Waals surface area (Å²) in [6, 6.07) is 0.313. The third kappa shape index (κ3) is 2.22. The Kier molecular flexibility index (Phi) is 3.84. The lowest BCUT2D eigenvalue weighted by atomic mass is 9.78. The Morgan fingerprint density at radius 2 is 1.89 bits per heavy atom. The molecule has 2 aliphatic rings. The van der Waals surface area contributed by atoms with Gasteiger partial charge in [0.05, 0.1) is 6.42 Å². The van der Waals surface area contributed by atoms with Gasteiger partial charge in [0.2, 0.25) is 5.91 Å². The number of hydrogen-bond acceptors (Lipinski definition) is 1. The number of carbonyl (C=O) groups excluding carboxylic acids is 1. The molecule has 2 heteroatoms. The zero-order valence-electron chi connectivity index (χ0n) is 12.5. The highest BCUT2D eigenvalue weighted by atomic mass is 16.2. The fraction of sp³-hybridized carbons (Fsp3) is 0.812. The third-order valence-electron chi connectivity index (χ3n) is 4.79. The van der Waals surface area contributed by atoms with E-state index in [2.05, 4.69) is 39.5 Å². The van der Waals surface area contributed by atoms with Crippen LogP contribution in [-0.2, 0) is 4.79 Å². The Balaban J connectivity index is 2.32. The number of amides is 1. The van der Waals surface area contributed by atoms with Crippen LogP contribution in [0, 0.1) is 17.8 Å². The molecule has 0 saturated heterocycles. The highest BCUT2D eigenvalue weighted by molar-refractivity contribution is 5.84. The molecule has 1 aliphatic heterocycles. The summed E-state index contributed by atoms with van der Waals surface area (Å²) >= 11 is 0. The van der Waals surface area contributed by atoms with Crippen LogP contribution in [0.3, 0.4) is 0 Å². The van der Waals surface area contributed by atoms with E-state index in [1.165, 1.54) is 24.1 Å². The second-order valence-electron chi connectivity index (χ2n) is 6.59. The van der Waals surface area contributed by atoms with Crippen LogP contribution in [0.1, 0.15) is 60.3 Å². The molecule has 0 radical (unpaired) electrons. The third-order valence-corrected chi connectivity index (χ3v) is 4.79. The van der Waals surface area contributed by atoms with Crippen molar-refractivity contribution in [3.05, 3.63) is 11.3 Å². The number of nitrogens with zero attached hydrogens (tertiary/aromatic N) is 1. The van der Waals surface area contributed by atoms with E-state index in [1.807, 2.05) is 0 Å². The van der Waals surface area contributed by atoms with Gasteiger partial charge in [-0.05, 0) is 56.4 Å². The van der Waals surface area contributed by atoms with Crippen molar-refractivity contribution in [2.75, 3.05) is 0 Å². The molecule has 2 atom stereocenters. The molecular formula is C16H27NO. The van der Waals surface area contributed by atoms with Gasteiger partial charge in [-0.2, -0.15) is 0 Å². The van der Waals surface area contributed by atoms with Crippen LogP contribution in [-0.4, -0.2) is 16.8 Å². The van der Waals surface area contributed by atoms with Crippen molar-refractivity contribution in [2.24, 2.45) is 17.8 Å². The van der Waals surface area contributed by atoms with Gasteiger partial charge in [-0.15, -0.1) is 0 Å². The zero-order chi connectivity index (χ0) is 13.4. The molecule has 0 bridgehead atoms. The zero-order valence-corrected chi connectivity index (χ0v) is 12.5. The predicted molar refractivity (Wildman–Crippen MR) is 75.0 cm³/mol.